The SMILES string of the molecule is CC(C)Cc1nnc(NC(=O)[C@@H]2CC(=O)N(c3ccc(F)cc3)C2)s1. The van der Waals surface area contributed by atoms with E-state index in [1.165, 1.54) is 40.5 Å². The standard InChI is InChI=1S/C17H19FN4O2S/c1-10(2)7-14-20-21-17(25-14)19-16(24)11-8-15(23)22(9-11)13-5-3-12(18)4-6-13/h3-6,10-11H,7-9H2,1-2H3,(H,19,21,24)/t11-/m1/s1. The number of halogens is 1. The summed E-state index contributed by atoms with van der Waals surface area (Å²) < 4.78 is 13.0. The van der Waals surface area contributed by atoms with Gasteiger partial charge in [0.2, 0.25) is 16.9 Å². The Morgan fingerprint density at radius 2 is 2.08 bits per heavy atom. The van der Waals surface area contributed by atoms with Gasteiger partial charge >= 0.3 is 0 Å². The lowest BCUT2D eigenvalue weighted by atomic mass is 10.1. The van der Waals surface area contributed by atoms with Gasteiger partial charge in [0.15, 0.2) is 0 Å². The van der Waals surface area contributed by atoms with Crippen LogP contribution in [0.4, 0.5) is 15.2 Å². The number of hydrogen-bond donors (Lipinski definition) is 1. The van der Waals surface area contributed by atoms with Crippen molar-refractivity contribution in [2.24, 2.45) is 11.8 Å². The van der Waals surface area contributed by atoms with E-state index in [0.717, 1.165) is 11.4 Å². The summed E-state index contributed by atoms with van der Waals surface area (Å²) in [7, 11) is 0. The Morgan fingerprint density at radius 1 is 1.36 bits per heavy atom. The molecule has 8 heteroatoms. The van der Waals surface area contributed by atoms with E-state index < -0.39 is 5.92 Å². The highest BCUT2D eigenvalue weighted by Gasteiger charge is 2.35. The van der Waals surface area contributed by atoms with Crippen LogP contribution in [0.2, 0.25) is 0 Å². The number of anilines is 2. The molecule has 1 atom stereocenters. The zero-order chi connectivity index (χ0) is 18.0. The van der Waals surface area contributed by atoms with Crippen LogP contribution >= 0.6 is 11.3 Å². The van der Waals surface area contributed by atoms with Crippen LogP contribution in [0.5, 0.6) is 0 Å². The molecule has 1 N–H and O–H groups in total. The Hall–Kier alpha value is -2.35. The largest absolute Gasteiger partial charge is 0.312 e. The average molecular weight is 362 g/mol. The molecule has 2 amide bonds. The number of nitrogens with one attached hydrogen (secondary N) is 1. The molecular weight excluding hydrogens is 343 g/mol. The maximum Gasteiger partial charge on any atom is 0.231 e. The molecule has 6 nitrogen and oxygen atoms in total. The van der Waals surface area contributed by atoms with Gasteiger partial charge in [-0.2, -0.15) is 0 Å². The van der Waals surface area contributed by atoms with Crippen LogP contribution in [0.3, 0.4) is 0 Å². The monoisotopic (exact) mass is 362 g/mol. The van der Waals surface area contributed by atoms with Gasteiger partial charge in [-0.1, -0.05) is 25.2 Å². The third-order valence-corrected chi connectivity index (χ3v) is 4.77. The predicted octanol–water partition coefficient (Wildman–Crippen LogP) is 2.87. The highest BCUT2D eigenvalue weighted by molar-refractivity contribution is 7.15. The van der Waals surface area contributed by atoms with E-state index >= 15 is 0 Å². The molecule has 1 aromatic heterocycles. The second kappa shape index (κ2) is 7.26. The Morgan fingerprint density at radius 3 is 2.76 bits per heavy atom. The molecule has 2 aromatic rings. The Kier molecular flexibility index (Phi) is 5.08. The molecule has 0 aliphatic carbocycles. The van der Waals surface area contributed by atoms with Crippen LogP contribution in [0, 0.1) is 17.7 Å². The fraction of sp³-hybridized carbons (Fsp3) is 0.412. The predicted molar refractivity (Wildman–Crippen MR) is 93.9 cm³/mol. The number of carbonyl (C=O) groups excluding carboxylic acids is 2. The van der Waals surface area contributed by atoms with Crippen molar-refractivity contribution < 1.29 is 14.0 Å². The van der Waals surface area contributed by atoms with Crippen molar-refractivity contribution >= 4 is 34.0 Å². The lowest BCUT2D eigenvalue weighted by Gasteiger charge is -2.16. The Bertz CT molecular complexity index is 775. The Labute approximate surface area is 149 Å². The van der Waals surface area contributed by atoms with Gasteiger partial charge < -0.3 is 10.2 Å². The fourth-order valence-corrected chi connectivity index (χ4v) is 3.65. The van der Waals surface area contributed by atoms with Gasteiger partial charge in [-0.15, -0.1) is 10.2 Å². The zero-order valence-electron chi connectivity index (χ0n) is 14.0. The molecule has 25 heavy (non-hydrogen) atoms. The van der Waals surface area contributed by atoms with Gasteiger partial charge in [0.1, 0.15) is 10.8 Å². The van der Waals surface area contributed by atoms with Crippen molar-refractivity contribution in [1.82, 2.24) is 10.2 Å². The summed E-state index contributed by atoms with van der Waals surface area (Å²) >= 11 is 1.35. The number of carbonyl (C=O) groups is 2. The molecule has 0 unspecified atom stereocenters. The smallest absolute Gasteiger partial charge is 0.231 e. The van der Waals surface area contributed by atoms with Gasteiger partial charge in [0.25, 0.3) is 0 Å². The minimum Gasteiger partial charge on any atom is -0.312 e. The summed E-state index contributed by atoms with van der Waals surface area (Å²) in [6.07, 6.45) is 0.939. The zero-order valence-corrected chi connectivity index (χ0v) is 14.8. The molecule has 1 aliphatic heterocycles. The van der Waals surface area contributed by atoms with Crippen LogP contribution in [0.1, 0.15) is 25.3 Å². The van der Waals surface area contributed by atoms with Crippen LogP contribution in [-0.2, 0) is 16.0 Å². The first-order chi connectivity index (χ1) is 11.9. The normalized spacial score (nSPS) is 17.4. The number of aromatic nitrogens is 2. The maximum atomic E-state index is 13.0. The van der Waals surface area contributed by atoms with Gasteiger partial charge in [-0.3, -0.25) is 9.59 Å². The summed E-state index contributed by atoms with van der Waals surface area (Å²) in [4.78, 5) is 26.1. The van der Waals surface area contributed by atoms with E-state index in [-0.39, 0.29) is 30.6 Å². The van der Waals surface area contributed by atoms with Crippen LogP contribution in [0.15, 0.2) is 24.3 Å². The molecule has 2 heterocycles. The van der Waals surface area contributed by atoms with Crippen molar-refractivity contribution in [2.45, 2.75) is 26.7 Å². The second-order valence-corrected chi connectivity index (χ2v) is 7.53. The van der Waals surface area contributed by atoms with Crippen LogP contribution < -0.4 is 10.2 Å². The number of amides is 2. The molecule has 0 bridgehead atoms. The first-order valence-corrected chi connectivity index (χ1v) is 8.93. The van der Waals surface area contributed by atoms with E-state index in [0.29, 0.717) is 16.7 Å². The van der Waals surface area contributed by atoms with Crippen molar-refractivity contribution in [1.29, 1.82) is 0 Å². The van der Waals surface area contributed by atoms with E-state index in [4.69, 9.17) is 0 Å². The number of rotatable bonds is 5. The van der Waals surface area contributed by atoms with Crippen LogP contribution in [-0.4, -0.2) is 28.6 Å². The topological polar surface area (TPSA) is 75.2 Å². The quantitative estimate of drug-likeness (QED) is 0.887. The van der Waals surface area contributed by atoms with E-state index in [1.807, 2.05) is 0 Å². The number of hydrogen-bond acceptors (Lipinski definition) is 5. The third kappa shape index (κ3) is 4.19. The number of nitrogens with zero attached hydrogens (tertiary/aromatic N) is 3. The minimum absolute atomic E-state index is 0.126. The minimum atomic E-state index is -0.463. The van der Waals surface area contributed by atoms with Crippen molar-refractivity contribution in [3.05, 3.63) is 35.1 Å². The lowest BCUT2D eigenvalue weighted by molar-refractivity contribution is -0.122. The van der Waals surface area contributed by atoms with Gasteiger partial charge in [0, 0.05) is 25.1 Å². The summed E-state index contributed by atoms with van der Waals surface area (Å²) in [6, 6.07) is 5.67. The molecule has 0 spiro atoms. The average Bonchev–Trinajstić information content (AvgIpc) is 3.14. The molecule has 132 valence electrons. The molecule has 1 saturated heterocycles. The van der Waals surface area contributed by atoms with Crippen molar-refractivity contribution in [3.8, 4) is 0 Å². The fourth-order valence-electron chi connectivity index (χ4n) is 2.70. The number of benzene rings is 1. The van der Waals surface area contributed by atoms with Gasteiger partial charge in [0.05, 0.1) is 5.92 Å². The maximum absolute atomic E-state index is 13.0. The van der Waals surface area contributed by atoms with Crippen molar-refractivity contribution in [2.75, 3.05) is 16.8 Å². The summed E-state index contributed by atoms with van der Waals surface area (Å²) in [6.45, 7) is 4.45. The van der Waals surface area contributed by atoms with E-state index in [1.54, 1.807) is 0 Å². The molecule has 1 aromatic carbocycles. The molecule has 1 aliphatic rings. The first kappa shape index (κ1) is 17.5. The van der Waals surface area contributed by atoms with Crippen LogP contribution in [0.25, 0.3) is 0 Å². The molecular formula is C17H19FN4O2S. The van der Waals surface area contributed by atoms with E-state index in [9.17, 15) is 14.0 Å². The lowest BCUT2D eigenvalue weighted by Crippen LogP contribution is -2.28. The highest BCUT2D eigenvalue weighted by Crippen LogP contribution is 2.27. The highest BCUT2D eigenvalue weighted by atomic mass is 32.1. The summed E-state index contributed by atoms with van der Waals surface area (Å²) in [5, 5.41) is 12.1. The molecule has 3 rings (SSSR count). The Balaban J connectivity index is 1.62. The molecule has 0 saturated carbocycles. The van der Waals surface area contributed by atoms with Gasteiger partial charge in [-0.05, 0) is 30.2 Å². The molecule has 1 fully saturated rings. The summed E-state index contributed by atoms with van der Waals surface area (Å²) in [5.41, 5.74) is 0.594. The summed E-state index contributed by atoms with van der Waals surface area (Å²) in [5.74, 6) is -0.754. The second-order valence-electron chi connectivity index (χ2n) is 6.47. The van der Waals surface area contributed by atoms with E-state index in [2.05, 4.69) is 29.4 Å². The molecule has 0 radical (unpaired) electrons. The third-order valence-electron chi connectivity index (χ3n) is 3.91. The van der Waals surface area contributed by atoms with Gasteiger partial charge in [-0.25, -0.2) is 4.39 Å². The first-order valence-electron chi connectivity index (χ1n) is 8.11. The van der Waals surface area contributed by atoms with Crippen molar-refractivity contribution in [3.63, 3.8) is 0 Å².